The van der Waals surface area contributed by atoms with Crippen LogP contribution in [0.2, 0.25) is 0 Å². The number of nitrogens with zero attached hydrogens (tertiary/aromatic N) is 3. The first kappa shape index (κ1) is 18.3. The second-order valence-electron chi connectivity index (χ2n) is 7.00. The normalized spacial score (nSPS) is 14.6. The van der Waals surface area contributed by atoms with Crippen LogP contribution < -0.4 is 16.0 Å². The maximum Gasteiger partial charge on any atom is 0.416 e. The van der Waals surface area contributed by atoms with Crippen molar-refractivity contribution in [3.05, 3.63) is 47.5 Å². The van der Waals surface area contributed by atoms with Gasteiger partial charge in [0.2, 0.25) is 5.95 Å². The third-order valence-electron chi connectivity index (χ3n) is 4.86. The van der Waals surface area contributed by atoms with Gasteiger partial charge in [0.15, 0.2) is 0 Å². The quantitative estimate of drug-likeness (QED) is 0.627. The van der Waals surface area contributed by atoms with Crippen LogP contribution in [0.25, 0.3) is 10.9 Å². The first-order valence-corrected chi connectivity index (χ1v) is 9.08. The molecule has 0 atom stereocenters. The molecule has 0 saturated carbocycles. The zero-order valence-electron chi connectivity index (χ0n) is 15.3. The van der Waals surface area contributed by atoms with E-state index in [9.17, 15) is 13.2 Å². The molecule has 146 valence electrons. The molecule has 2 heterocycles. The van der Waals surface area contributed by atoms with E-state index < -0.39 is 11.7 Å². The van der Waals surface area contributed by atoms with Gasteiger partial charge in [-0.05, 0) is 49.6 Å². The predicted molar refractivity (Wildman–Crippen MR) is 105 cm³/mol. The highest BCUT2D eigenvalue weighted by Gasteiger charge is 2.31. The average Bonchev–Trinajstić information content (AvgIpc) is 3.14. The number of anilines is 4. The van der Waals surface area contributed by atoms with E-state index in [0.717, 1.165) is 60.3 Å². The van der Waals surface area contributed by atoms with Crippen LogP contribution in [0.3, 0.4) is 0 Å². The van der Waals surface area contributed by atoms with Crippen molar-refractivity contribution in [1.29, 1.82) is 0 Å². The summed E-state index contributed by atoms with van der Waals surface area (Å²) in [5.74, 6) is 1.06. The van der Waals surface area contributed by atoms with E-state index in [0.29, 0.717) is 0 Å². The van der Waals surface area contributed by atoms with Crippen molar-refractivity contribution >= 4 is 34.0 Å². The van der Waals surface area contributed by atoms with Crippen LogP contribution in [-0.4, -0.2) is 23.1 Å². The van der Waals surface area contributed by atoms with Crippen LogP contribution in [-0.2, 0) is 6.18 Å². The summed E-state index contributed by atoms with van der Waals surface area (Å²) in [6.45, 7) is 3.80. The minimum Gasteiger partial charge on any atom is -0.399 e. The summed E-state index contributed by atoms with van der Waals surface area (Å²) < 4.78 is 39.3. The Bertz CT molecular complexity index is 1030. The summed E-state index contributed by atoms with van der Waals surface area (Å²) in [5.41, 5.74) is 6.88. The molecule has 3 N–H and O–H groups in total. The zero-order valence-corrected chi connectivity index (χ0v) is 15.3. The number of benzene rings is 2. The molecule has 0 radical (unpaired) electrons. The van der Waals surface area contributed by atoms with Crippen molar-refractivity contribution in [2.24, 2.45) is 0 Å². The van der Waals surface area contributed by atoms with Gasteiger partial charge in [0.1, 0.15) is 5.82 Å². The first-order chi connectivity index (χ1) is 13.3. The maximum absolute atomic E-state index is 13.1. The first-order valence-electron chi connectivity index (χ1n) is 9.08. The Labute approximate surface area is 160 Å². The Morgan fingerprint density at radius 1 is 1.07 bits per heavy atom. The Kier molecular flexibility index (Phi) is 4.49. The summed E-state index contributed by atoms with van der Waals surface area (Å²) in [4.78, 5) is 11.4. The van der Waals surface area contributed by atoms with Crippen LogP contribution in [0.1, 0.15) is 24.0 Å². The molecule has 0 bridgehead atoms. The van der Waals surface area contributed by atoms with E-state index in [2.05, 4.69) is 20.2 Å². The van der Waals surface area contributed by atoms with Gasteiger partial charge in [0, 0.05) is 29.9 Å². The number of nitrogens with one attached hydrogen (secondary N) is 1. The standard InChI is InChI=1S/C20H20F3N5/c1-12-5-4-6-16-17(12)18(28-7-2-3-8-28)27-19(26-16)25-15-10-13(20(21,22)23)9-14(24)11-15/h4-6,9-11H,2-3,7-8,24H2,1H3,(H,25,26,27). The fourth-order valence-corrected chi connectivity index (χ4v) is 3.56. The fourth-order valence-electron chi connectivity index (χ4n) is 3.56. The number of aryl methyl sites for hydroxylation is 1. The molecule has 0 amide bonds. The van der Waals surface area contributed by atoms with Crippen LogP contribution in [0, 0.1) is 6.92 Å². The molecule has 1 aromatic heterocycles. The minimum absolute atomic E-state index is 0.0220. The minimum atomic E-state index is -4.48. The van der Waals surface area contributed by atoms with Gasteiger partial charge in [-0.2, -0.15) is 18.2 Å². The molecule has 0 spiro atoms. The smallest absolute Gasteiger partial charge is 0.399 e. The molecule has 1 saturated heterocycles. The number of nitrogens with two attached hydrogens (primary N) is 1. The van der Waals surface area contributed by atoms with Gasteiger partial charge in [-0.25, -0.2) is 4.98 Å². The number of nitrogen functional groups attached to an aromatic ring is 1. The molecule has 1 aliphatic rings. The fraction of sp³-hybridized carbons (Fsp3) is 0.300. The van der Waals surface area contributed by atoms with E-state index in [1.807, 2.05) is 25.1 Å². The molecule has 3 aromatic rings. The number of hydrogen-bond donors (Lipinski definition) is 2. The van der Waals surface area contributed by atoms with Crippen LogP contribution in [0.4, 0.5) is 36.3 Å². The van der Waals surface area contributed by atoms with Crippen molar-refractivity contribution in [2.45, 2.75) is 25.9 Å². The van der Waals surface area contributed by atoms with E-state index in [-0.39, 0.29) is 17.3 Å². The summed E-state index contributed by atoms with van der Waals surface area (Å²) in [7, 11) is 0. The largest absolute Gasteiger partial charge is 0.416 e. The summed E-state index contributed by atoms with van der Waals surface area (Å²) in [5, 5.41) is 3.87. The molecule has 28 heavy (non-hydrogen) atoms. The Morgan fingerprint density at radius 2 is 1.82 bits per heavy atom. The third kappa shape index (κ3) is 3.54. The number of aromatic nitrogens is 2. The number of fused-ring (bicyclic) bond motifs is 1. The van der Waals surface area contributed by atoms with Crippen LogP contribution in [0.5, 0.6) is 0 Å². The topological polar surface area (TPSA) is 67.1 Å². The molecule has 2 aromatic carbocycles. The zero-order chi connectivity index (χ0) is 19.9. The molecular formula is C20H20F3N5. The van der Waals surface area contributed by atoms with Crippen molar-refractivity contribution in [2.75, 3.05) is 29.0 Å². The van der Waals surface area contributed by atoms with Gasteiger partial charge in [-0.1, -0.05) is 12.1 Å². The molecule has 1 fully saturated rings. The highest BCUT2D eigenvalue weighted by atomic mass is 19.4. The van der Waals surface area contributed by atoms with Crippen molar-refractivity contribution in [1.82, 2.24) is 9.97 Å². The molecular weight excluding hydrogens is 367 g/mol. The van der Waals surface area contributed by atoms with E-state index >= 15 is 0 Å². The molecule has 4 rings (SSSR count). The van der Waals surface area contributed by atoms with Gasteiger partial charge in [-0.3, -0.25) is 0 Å². The van der Waals surface area contributed by atoms with Gasteiger partial charge >= 0.3 is 6.18 Å². The van der Waals surface area contributed by atoms with Crippen LogP contribution in [0.15, 0.2) is 36.4 Å². The third-order valence-corrected chi connectivity index (χ3v) is 4.86. The molecule has 0 unspecified atom stereocenters. The number of rotatable bonds is 3. The summed E-state index contributed by atoms with van der Waals surface area (Å²) in [6.07, 6.45) is -2.30. The number of alkyl halides is 3. The highest BCUT2D eigenvalue weighted by Crippen LogP contribution is 2.34. The molecule has 8 heteroatoms. The Hall–Kier alpha value is -3.03. The number of hydrogen-bond acceptors (Lipinski definition) is 5. The molecule has 5 nitrogen and oxygen atoms in total. The van der Waals surface area contributed by atoms with Gasteiger partial charge < -0.3 is 16.0 Å². The molecule has 0 aliphatic carbocycles. The van der Waals surface area contributed by atoms with Gasteiger partial charge in [-0.15, -0.1) is 0 Å². The van der Waals surface area contributed by atoms with Crippen molar-refractivity contribution in [3.8, 4) is 0 Å². The second kappa shape index (κ2) is 6.85. The monoisotopic (exact) mass is 387 g/mol. The summed E-state index contributed by atoms with van der Waals surface area (Å²) >= 11 is 0. The lowest BCUT2D eigenvalue weighted by Crippen LogP contribution is -2.20. The van der Waals surface area contributed by atoms with E-state index in [4.69, 9.17) is 5.73 Å². The maximum atomic E-state index is 13.1. The lowest BCUT2D eigenvalue weighted by molar-refractivity contribution is -0.137. The highest BCUT2D eigenvalue weighted by molar-refractivity contribution is 5.93. The van der Waals surface area contributed by atoms with E-state index in [1.54, 1.807) is 0 Å². The van der Waals surface area contributed by atoms with Gasteiger partial charge in [0.05, 0.1) is 11.1 Å². The number of halogens is 3. The lowest BCUT2D eigenvalue weighted by atomic mass is 10.1. The Morgan fingerprint density at radius 3 is 2.54 bits per heavy atom. The Balaban J connectivity index is 1.79. The molecule has 1 aliphatic heterocycles. The van der Waals surface area contributed by atoms with Crippen molar-refractivity contribution < 1.29 is 13.2 Å². The van der Waals surface area contributed by atoms with Crippen molar-refractivity contribution in [3.63, 3.8) is 0 Å². The summed E-state index contributed by atoms with van der Waals surface area (Å²) in [6, 6.07) is 9.15. The average molecular weight is 387 g/mol. The van der Waals surface area contributed by atoms with Gasteiger partial charge in [0.25, 0.3) is 0 Å². The lowest BCUT2D eigenvalue weighted by Gasteiger charge is -2.20. The second-order valence-corrected chi connectivity index (χ2v) is 7.00. The van der Waals surface area contributed by atoms with E-state index in [1.165, 1.54) is 6.07 Å². The SMILES string of the molecule is Cc1cccc2nc(Nc3cc(N)cc(C(F)(F)F)c3)nc(N3CCCC3)c12. The predicted octanol–water partition coefficient (Wildman–Crippen LogP) is 4.88. The van der Waals surface area contributed by atoms with Crippen LogP contribution >= 0.6 is 0 Å².